The number of hydrogen-bond acceptors (Lipinski definition) is 16. The maximum atomic E-state index is 12.2. The molecule has 4 rings (SSSR count). The van der Waals surface area contributed by atoms with Crippen molar-refractivity contribution in [2.45, 2.75) is 24.5 Å². The van der Waals surface area contributed by atoms with Gasteiger partial charge in [-0.25, -0.2) is 18.7 Å². The van der Waals surface area contributed by atoms with Crippen LogP contribution in [0.3, 0.4) is 0 Å². The lowest BCUT2D eigenvalue weighted by molar-refractivity contribution is -0.384. The topological polar surface area (TPSA) is 331 Å². The maximum Gasteiger partial charge on any atom is 0.536 e. The number of nitro groups is 1. The summed E-state index contributed by atoms with van der Waals surface area (Å²) in [4.78, 5) is 61.0. The minimum atomic E-state index is -5.88. The number of imidazole rings is 1. The van der Waals surface area contributed by atoms with Crippen molar-refractivity contribution >= 4 is 46.3 Å². The number of ether oxygens (including phenoxy) is 1. The Kier molecular flexibility index (Phi) is 8.50. The van der Waals surface area contributed by atoms with Crippen LogP contribution in [0.2, 0.25) is 0 Å². The Bertz CT molecular complexity index is 1660. The minimum Gasteiger partial charge on any atom is -0.404 e. The first kappa shape index (κ1) is 30.8. The fourth-order valence-corrected chi connectivity index (χ4v) is 6.99. The third-order valence-electron chi connectivity index (χ3n) is 5.14. The number of rotatable bonds is 11. The average molecular weight is 644 g/mol. The molecule has 1 aliphatic rings. The number of aliphatic hydroxyl groups is 2. The lowest BCUT2D eigenvalue weighted by Gasteiger charge is -2.20. The Morgan fingerprint density at radius 1 is 1.07 bits per heavy atom. The van der Waals surface area contributed by atoms with Gasteiger partial charge in [-0.2, -0.15) is 13.6 Å². The molecule has 1 fully saturated rings. The second-order valence-corrected chi connectivity index (χ2v) is 12.6. The lowest BCUT2D eigenvalue weighted by Crippen LogP contribution is -2.33. The molecule has 3 heterocycles. The summed E-state index contributed by atoms with van der Waals surface area (Å²) in [5.74, 6) is -0.810. The number of phosphoric acid groups is 3. The highest BCUT2D eigenvalue weighted by Gasteiger charge is 2.47. The van der Waals surface area contributed by atoms with Gasteiger partial charge in [0.25, 0.3) is 11.2 Å². The van der Waals surface area contributed by atoms with Crippen LogP contribution in [0.15, 0.2) is 35.4 Å². The number of H-pyrrole nitrogens is 1. The van der Waals surface area contributed by atoms with E-state index in [4.69, 9.17) is 10.5 Å². The molecule has 3 aromatic rings. The van der Waals surface area contributed by atoms with Gasteiger partial charge in [0.2, 0.25) is 5.95 Å². The van der Waals surface area contributed by atoms with E-state index in [0.29, 0.717) is 0 Å². The van der Waals surface area contributed by atoms with E-state index in [2.05, 4.69) is 32.6 Å². The maximum absolute atomic E-state index is 12.2. The number of nitrogens with two attached hydrogens (primary N) is 1. The van der Waals surface area contributed by atoms with Crippen molar-refractivity contribution in [3.63, 3.8) is 0 Å². The van der Waals surface area contributed by atoms with Crippen molar-refractivity contribution in [2.75, 3.05) is 12.3 Å². The highest BCUT2D eigenvalue weighted by molar-refractivity contribution is 7.67. The number of nitro benzene ring substituents is 1. The number of anilines is 1. The smallest absolute Gasteiger partial charge is 0.404 e. The van der Waals surface area contributed by atoms with Gasteiger partial charge in [0.15, 0.2) is 17.4 Å². The number of nitrogen functional groups attached to an aromatic ring is 1. The number of phosphoric ester groups is 2. The van der Waals surface area contributed by atoms with E-state index < -0.39 is 76.5 Å². The zero-order chi connectivity index (χ0) is 30.3. The van der Waals surface area contributed by atoms with Gasteiger partial charge in [-0.15, -0.1) is 0 Å². The first-order chi connectivity index (χ1) is 19.0. The Labute approximate surface area is 225 Å². The molecule has 0 saturated carbocycles. The number of fused-ring (bicyclic) bond motifs is 1. The Balaban J connectivity index is 1.38. The molecule has 7 atom stereocenters. The van der Waals surface area contributed by atoms with Crippen molar-refractivity contribution in [3.8, 4) is 5.75 Å². The van der Waals surface area contributed by atoms with Gasteiger partial charge in [0.05, 0.1) is 17.9 Å². The summed E-state index contributed by atoms with van der Waals surface area (Å²) in [5, 5.41) is 31.4. The molecule has 0 bridgehead atoms. The number of hydrogen-bond donors (Lipinski definition) is 7. The predicted octanol–water partition coefficient (Wildman–Crippen LogP) is -0.341. The van der Waals surface area contributed by atoms with Crippen LogP contribution in [-0.2, 0) is 31.6 Å². The van der Waals surface area contributed by atoms with Crippen molar-refractivity contribution < 1.29 is 65.9 Å². The molecule has 22 nitrogen and oxygen atoms in total. The number of aromatic amines is 1. The van der Waals surface area contributed by atoms with Crippen molar-refractivity contribution in [1.82, 2.24) is 19.5 Å². The van der Waals surface area contributed by atoms with Gasteiger partial charge in [-0.05, 0) is 12.1 Å². The van der Waals surface area contributed by atoms with E-state index in [9.17, 15) is 53.5 Å². The molecule has 1 aliphatic heterocycles. The van der Waals surface area contributed by atoms with Crippen LogP contribution in [0.4, 0.5) is 11.6 Å². The molecule has 25 heteroatoms. The second kappa shape index (κ2) is 11.3. The Morgan fingerprint density at radius 3 is 2.34 bits per heavy atom. The van der Waals surface area contributed by atoms with Gasteiger partial charge in [-0.3, -0.25) is 33.9 Å². The molecule has 8 N–H and O–H groups in total. The number of benzene rings is 1. The summed E-state index contributed by atoms with van der Waals surface area (Å²) < 4.78 is 59.7. The summed E-state index contributed by atoms with van der Waals surface area (Å²) >= 11 is 0. The Hall–Kier alpha value is -3.10. The Morgan fingerprint density at radius 2 is 1.71 bits per heavy atom. The van der Waals surface area contributed by atoms with Gasteiger partial charge in [0.1, 0.15) is 24.1 Å². The van der Waals surface area contributed by atoms with Crippen molar-refractivity contribution in [2.24, 2.45) is 0 Å². The van der Waals surface area contributed by atoms with E-state index >= 15 is 0 Å². The van der Waals surface area contributed by atoms with Crippen molar-refractivity contribution in [3.05, 3.63) is 51.1 Å². The molecular weight excluding hydrogens is 625 g/mol. The van der Waals surface area contributed by atoms with E-state index in [-0.39, 0.29) is 17.1 Å². The molecule has 2 aromatic heterocycles. The average Bonchev–Trinajstić information content (AvgIpc) is 3.37. The monoisotopic (exact) mass is 644 g/mol. The number of nitrogens with one attached hydrogen (secondary N) is 1. The first-order valence-electron chi connectivity index (χ1n) is 10.7. The number of aromatic nitrogens is 4. The molecule has 0 amide bonds. The van der Waals surface area contributed by atoms with E-state index in [1.165, 1.54) is 0 Å². The van der Waals surface area contributed by atoms with Crippen LogP contribution in [0.5, 0.6) is 5.75 Å². The molecule has 1 aromatic carbocycles. The lowest BCUT2D eigenvalue weighted by atomic mass is 10.1. The molecule has 0 spiro atoms. The van der Waals surface area contributed by atoms with Crippen LogP contribution < -0.4 is 15.8 Å². The van der Waals surface area contributed by atoms with Gasteiger partial charge in [0, 0.05) is 12.1 Å². The van der Waals surface area contributed by atoms with Crippen LogP contribution in [-0.4, -0.2) is 74.3 Å². The predicted molar refractivity (Wildman–Crippen MR) is 130 cm³/mol. The summed E-state index contributed by atoms with van der Waals surface area (Å²) in [6.07, 6.45) is -5.51. The highest BCUT2D eigenvalue weighted by Crippen LogP contribution is 2.67. The summed E-state index contributed by atoms with van der Waals surface area (Å²) in [7, 11) is -17.0. The first-order valence-corrected chi connectivity index (χ1v) is 15.2. The van der Waals surface area contributed by atoms with Crippen LogP contribution in [0.25, 0.3) is 11.2 Å². The molecule has 224 valence electrons. The van der Waals surface area contributed by atoms with Crippen LogP contribution >= 0.6 is 23.5 Å². The molecular formula is C16H19N6O16P3. The third-order valence-corrected chi connectivity index (χ3v) is 9.36. The summed E-state index contributed by atoms with van der Waals surface area (Å²) in [6.45, 7) is -1.05. The fraction of sp³-hybridized carbons (Fsp3) is 0.312. The fourth-order valence-electron chi connectivity index (χ4n) is 3.47. The van der Waals surface area contributed by atoms with E-state index in [1.807, 2.05) is 0 Å². The number of non-ortho nitro benzene ring substituents is 1. The third kappa shape index (κ3) is 7.22. The van der Waals surface area contributed by atoms with E-state index in [1.54, 1.807) is 0 Å². The second-order valence-electron chi connectivity index (χ2n) is 8.03. The normalized spacial score (nSPS) is 25.3. The summed E-state index contributed by atoms with van der Waals surface area (Å²) in [6, 6.07) is 3.47. The highest BCUT2D eigenvalue weighted by atomic mass is 31.3. The van der Waals surface area contributed by atoms with E-state index in [0.717, 1.165) is 35.2 Å². The largest absolute Gasteiger partial charge is 0.536 e. The number of aliphatic hydroxyl groups excluding tert-OH is 2. The SMILES string of the molecule is Nc1nc2c(ncn2[C@@H]2O[C@H](COP(=O)(O)OP(=O)(O)OP(=O)(O)Oc3ccc([N+](=O)[O-])cc3)[C@@H](O)[C@H]2O)c(=O)[nH]1. The van der Waals surface area contributed by atoms with Gasteiger partial charge in [-0.1, -0.05) is 0 Å². The van der Waals surface area contributed by atoms with Gasteiger partial charge < -0.3 is 35.0 Å². The van der Waals surface area contributed by atoms with Crippen LogP contribution in [0, 0.1) is 10.1 Å². The molecule has 41 heavy (non-hydrogen) atoms. The van der Waals surface area contributed by atoms with Crippen LogP contribution in [0.1, 0.15) is 6.23 Å². The van der Waals surface area contributed by atoms with Crippen molar-refractivity contribution in [1.29, 1.82) is 0 Å². The molecule has 0 radical (unpaired) electrons. The minimum absolute atomic E-state index is 0.136. The standard InChI is InChI=1S/C16H19N6O16P3/c17-16-19-13-10(14(25)20-16)18-6-21(13)15-12(24)11(23)9(35-15)5-34-39(28,29)37-41(32,33)38-40(30,31)36-8-3-1-7(2-4-8)22(26)27/h1-4,6,9,11-12,15,23-24H,5H2,(H,28,29)(H,30,31)(H,32,33)(H3,17,19,20,25)/t9-,11-,12-,15-/m1/s1. The summed E-state index contributed by atoms with van der Waals surface area (Å²) in [5.41, 5.74) is 4.07. The zero-order valence-corrected chi connectivity index (χ0v) is 22.5. The zero-order valence-electron chi connectivity index (χ0n) is 19.8. The number of nitrogens with zero attached hydrogens (tertiary/aromatic N) is 4. The quantitative estimate of drug-likeness (QED) is 0.0797. The van der Waals surface area contributed by atoms with Gasteiger partial charge >= 0.3 is 23.5 Å². The molecule has 1 saturated heterocycles. The molecule has 0 aliphatic carbocycles. The molecule has 3 unspecified atom stereocenters.